The molecule has 1 unspecified atom stereocenters. The van der Waals surface area contributed by atoms with E-state index in [0.29, 0.717) is 29.7 Å². The van der Waals surface area contributed by atoms with Crippen molar-refractivity contribution in [1.82, 2.24) is 15.1 Å². The van der Waals surface area contributed by atoms with E-state index in [-0.39, 0.29) is 36.7 Å². The third-order valence-corrected chi connectivity index (χ3v) is 5.26. The molecule has 1 aromatic rings. The van der Waals surface area contributed by atoms with Crippen LogP contribution in [0.5, 0.6) is 0 Å². The molecule has 1 N–H and O–H groups in total. The number of benzene rings is 1. The second kappa shape index (κ2) is 9.08. The first-order chi connectivity index (χ1) is 11.5. The van der Waals surface area contributed by atoms with Gasteiger partial charge in [-0.2, -0.15) is 0 Å². The number of hydrogen-bond acceptors (Lipinski definition) is 3. The number of piperidine rings is 1. The van der Waals surface area contributed by atoms with Crippen LogP contribution in [-0.2, 0) is 16.0 Å². The average Bonchev–Trinajstić information content (AvgIpc) is 2.58. The van der Waals surface area contributed by atoms with Crippen molar-refractivity contribution in [3.05, 3.63) is 33.8 Å². The zero-order valence-electron chi connectivity index (χ0n) is 13.8. The lowest BCUT2D eigenvalue weighted by atomic mass is 10.0. The normalized spacial score (nSPS) is 21.0. The second-order valence-electron chi connectivity index (χ2n) is 6.31. The van der Waals surface area contributed by atoms with Crippen LogP contribution in [0.25, 0.3) is 0 Å². The molecule has 2 heterocycles. The molecule has 2 amide bonds. The van der Waals surface area contributed by atoms with Crippen LogP contribution in [0.1, 0.15) is 18.4 Å². The van der Waals surface area contributed by atoms with Crippen LogP contribution in [0.4, 0.5) is 0 Å². The Morgan fingerprint density at radius 1 is 1.28 bits per heavy atom. The fourth-order valence-electron chi connectivity index (χ4n) is 3.38. The van der Waals surface area contributed by atoms with Gasteiger partial charge in [-0.05, 0) is 30.5 Å². The molecule has 3 rings (SSSR count). The van der Waals surface area contributed by atoms with Gasteiger partial charge in [0.05, 0.1) is 13.0 Å². The molecular weight excluding hydrogens is 385 g/mol. The lowest BCUT2D eigenvalue weighted by Gasteiger charge is -2.41. The molecule has 2 fully saturated rings. The molecular formula is C17H22Cl3N3O2. The Balaban J connectivity index is 0.00000225. The molecule has 2 aliphatic heterocycles. The van der Waals surface area contributed by atoms with Gasteiger partial charge < -0.3 is 15.1 Å². The van der Waals surface area contributed by atoms with Crippen molar-refractivity contribution in [2.24, 2.45) is 0 Å². The molecule has 2 aliphatic rings. The molecule has 1 aromatic carbocycles. The van der Waals surface area contributed by atoms with Crippen molar-refractivity contribution in [3.63, 3.8) is 0 Å². The molecule has 1 atom stereocenters. The van der Waals surface area contributed by atoms with Crippen molar-refractivity contribution in [2.45, 2.75) is 25.3 Å². The van der Waals surface area contributed by atoms with E-state index in [1.165, 1.54) is 0 Å². The number of amides is 2. The predicted molar refractivity (Wildman–Crippen MR) is 102 cm³/mol. The van der Waals surface area contributed by atoms with E-state index in [1.807, 2.05) is 9.80 Å². The predicted octanol–water partition coefficient (Wildman–Crippen LogP) is 2.38. The lowest BCUT2D eigenvalue weighted by Crippen LogP contribution is -2.57. The summed E-state index contributed by atoms with van der Waals surface area (Å²) < 4.78 is 0. The van der Waals surface area contributed by atoms with Crippen LogP contribution in [0.3, 0.4) is 0 Å². The summed E-state index contributed by atoms with van der Waals surface area (Å²) in [5.41, 5.74) is 0.784. The summed E-state index contributed by atoms with van der Waals surface area (Å²) >= 11 is 12.1. The van der Waals surface area contributed by atoms with Gasteiger partial charge in [-0.3, -0.25) is 9.59 Å². The van der Waals surface area contributed by atoms with Gasteiger partial charge in [0, 0.05) is 42.3 Å². The number of piperazine rings is 1. The highest BCUT2D eigenvalue weighted by atomic mass is 35.5. The molecule has 8 heteroatoms. The minimum absolute atomic E-state index is 0. The summed E-state index contributed by atoms with van der Waals surface area (Å²) in [4.78, 5) is 28.5. The molecule has 0 bridgehead atoms. The summed E-state index contributed by atoms with van der Waals surface area (Å²) in [6.45, 7) is 3.27. The summed E-state index contributed by atoms with van der Waals surface area (Å²) in [5.74, 6) is 0.174. The maximum atomic E-state index is 12.6. The topological polar surface area (TPSA) is 52.7 Å². The van der Waals surface area contributed by atoms with Gasteiger partial charge >= 0.3 is 0 Å². The standard InChI is InChI=1S/C17H21Cl2N3O2.ClH/c18-13-4-3-12(15(19)9-13)8-16(23)21-6-1-2-14(11-21)22-7-5-20-10-17(22)24;/h3-4,9,14,20H,1-2,5-8,10-11H2;1H. The third kappa shape index (κ3) is 5.00. The number of likely N-dealkylation sites (tertiary alicyclic amines) is 1. The molecule has 5 nitrogen and oxygen atoms in total. The number of halogens is 3. The zero-order chi connectivity index (χ0) is 17.1. The maximum absolute atomic E-state index is 12.6. The smallest absolute Gasteiger partial charge is 0.236 e. The Bertz CT molecular complexity index is 642. The summed E-state index contributed by atoms with van der Waals surface area (Å²) in [7, 11) is 0. The van der Waals surface area contributed by atoms with Gasteiger partial charge in [-0.25, -0.2) is 0 Å². The summed E-state index contributed by atoms with van der Waals surface area (Å²) in [6, 6.07) is 5.32. The van der Waals surface area contributed by atoms with Crippen LogP contribution < -0.4 is 5.32 Å². The van der Waals surface area contributed by atoms with Crippen molar-refractivity contribution in [1.29, 1.82) is 0 Å². The van der Waals surface area contributed by atoms with E-state index < -0.39 is 0 Å². The highest BCUT2D eigenvalue weighted by molar-refractivity contribution is 6.35. The average molecular weight is 407 g/mol. The van der Waals surface area contributed by atoms with Gasteiger partial charge in [0.2, 0.25) is 11.8 Å². The van der Waals surface area contributed by atoms with E-state index in [2.05, 4.69) is 5.32 Å². The Morgan fingerprint density at radius 2 is 2.08 bits per heavy atom. The fourth-order valence-corrected chi connectivity index (χ4v) is 3.86. The minimum atomic E-state index is 0. The lowest BCUT2D eigenvalue weighted by molar-refractivity contribution is -0.140. The minimum Gasteiger partial charge on any atom is -0.340 e. The number of rotatable bonds is 3. The quantitative estimate of drug-likeness (QED) is 0.838. The molecule has 0 aromatic heterocycles. The van der Waals surface area contributed by atoms with Gasteiger partial charge in [0.15, 0.2) is 0 Å². The van der Waals surface area contributed by atoms with Gasteiger partial charge in [-0.1, -0.05) is 29.3 Å². The van der Waals surface area contributed by atoms with E-state index in [9.17, 15) is 9.59 Å². The van der Waals surface area contributed by atoms with E-state index >= 15 is 0 Å². The van der Waals surface area contributed by atoms with Gasteiger partial charge in [-0.15, -0.1) is 12.4 Å². The molecule has 2 saturated heterocycles. The SMILES string of the molecule is Cl.O=C(Cc1ccc(Cl)cc1Cl)N1CCCC(N2CCNCC2=O)C1. The number of carbonyl (C=O) groups excluding carboxylic acids is 2. The van der Waals surface area contributed by atoms with Gasteiger partial charge in [0.25, 0.3) is 0 Å². The first-order valence-corrected chi connectivity index (χ1v) is 9.02. The largest absolute Gasteiger partial charge is 0.340 e. The first-order valence-electron chi connectivity index (χ1n) is 8.26. The van der Waals surface area contributed by atoms with E-state index in [1.54, 1.807) is 18.2 Å². The highest BCUT2D eigenvalue weighted by Crippen LogP contribution is 2.23. The Morgan fingerprint density at radius 3 is 2.80 bits per heavy atom. The van der Waals surface area contributed by atoms with Gasteiger partial charge in [0.1, 0.15) is 0 Å². The summed E-state index contributed by atoms with van der Waals surface area (Å²) in [6.07, 6.45) is 2.14. The number of nitrogens with one attached hydrogen (secondary N) is 1. The van der Waals surface area contributed by atoms with Crippen LogP contribution >= 0.6 is 35.6 Å². The summed E-state index contributed by atoms with van der Waals surface area (Å²) in [5, 5.41) is 4.16. The van der Waals surface area contributed by atoms with Crippen LogP contribution in [-0.4, -0.2) is 60.4 Å². The van der Waals surface area contributed by atoms with Crippen molar-refractivity contribution < 1.29 is 9.59 Å². The molecule has 138 valence electrons. The van der Waals surface area contributed by atoms with Crippen LogP contribution in [0.15, 0.2) is 18.2 Å². The first kappa shape index (κ1) is 20.3. The molecule has 0 spiro atoms. The molecule has 0 aliphatic carbocycles. The Hall–Kier alpha value is -1.01. The van der Waals surface area contributed by atoms with Crippen molar-refractivity contribution in [2.75, 3.05) is 32.7 Å². The van der Waals surface area contributed by atoms with E-state index in [4.69, 9.17) is 23.2 Å². The Kier molecular flexibility index (Phi) is 7.37. The van der Waals surface area contributed by atoms with Crippen molar-refractivity contribution >= 4 is 47.4 Å². The Labute approximate surface area is 164 Å². The van der Waals surface area contributed by atoms with E-state index in [0.717, 1.165) is 31.5 Å². The van der Waals surface area contributed by atoms with Crippen molar-refractivity contribution in [3.8, 4) is 0 Å². The number of nitrogens with zero attached hydrogens (tertiary/aromatic N) is 2. The highest BCUT2D eigenvalue weighted by Gasteiger charge is 2.31. The molecule has 0 radical (unpaired) electrons. The maximum Gasteiger partial charge on any atom is 0.236 e. The fraction of sp³-hybridized carbons (Fsp3) is 0.529. The zero-order valence-corrected chi connectivity index (χ0v) is 16.2. The van der Waals surface area contributed by atoms with Crippen LogP contribution in [0, 0.1) is 0 Å². The second-order valence-corrected chi connectivity index (χ2v) is 7.16. The molecule has 0 saturated carbocycles. The monoisotopic (exact) mass is 405 g/mol. The third-order valence-electron chi connectivity index (χ3n) is 4.67. The number of hydrogen-bond donors (Lipinski definition) is 1. The molecule has 25 heavy (non-hydrogen) atoms. The number of carbonyl (C=O) groups is 2. The van der Waals surface area contributed by atoms with Crippen LogP contribution in [0.2, 0.25) is 10.0 Å².